The lowest BCUT2D eigenvalue weighted by Gasteiger charge is -2.40. The molecule has 3 heterocycles. The Balaban J connectivity index is 1.85. The molecule has 178 valence electrons. The van der Waals surface area contributed by atoms with Gasteiger partial charge in [-0.2, -0.15) is 17.0 Å². The number of hydrogen-bond donors (Lipinski definition) is 5. The van der Waals surface area contributed by atoms with Crippen LogP contribution in [0.4, 0.5) is 0 Å². The van der Waals surface area contributed by atoms with Gasteiger partial charge in [0.1, 0.15) is 5.54 Å². The third-order valence-electron chi connectivity index (χ3n) is 6.57. The van der Waals surface area contributed by atoms with E-state index in [0.717, 1.165) is 4.31 Å². The molecule has 0 aromatic heterocycles. The molecule has 14 heteroatoms. The van der Waals surface area contributed by atoms with Crippen molar-refractivity contribution in [3.63, 3.8) is 0 Å². The van der Waals surface area contributed by atoms with Crippen LogP contribution in [0, 0.1) is 5.92 Å². The van der Waals surface area contributed by atoms with Gasteiger partial charge in [0.25, 0.3) is 10.2 Å². The Morgan fingerprint density at radius 3 is 2.45 bits per heavy atom. The Morgan fingerprint density at radius 2 is 1.90 bits per heavy atom. The number of nitrogens with two attached hydrogens (primary N) is 2. The molecule has 0 aliphatic carbocycles. The van der Waals surface area contributed by atoms with E-state index < -0.39 is 46.8 Å². The summed E-state index contributed by atoms with van der Waals surface area (Å²) in [7, 11) is -5.59. The van der Waals surface area contributed by atoms with Crippen molar-refractivity contribution in [1.82, 2.24) is 8.61 Å². The van der Waals surface area contributed by atoms with Gasteiger partial charge in [0, 0.05) is 44.3 Å². The molecule has 0 bridgehead atoms. The van der Waals surface area contributed by atoms with E-state index in [9.17, 15) is 18.3 Å². The van der Waals surface area contributed by atoms with Gasteiger partial charge in [-0.3, -0.25) is 4.79 Å². The molecular weight excluding hydrogens is 431 g/mol. The van der Waals surface area contributed by atoms with E-state index in [1.165, 1.54) is 4.31 Å². The van der Waals surface area contributed by atoms with Crippen molar-refractivity contribution in [3.05, 3.63) is 0 Å². The molecule has 3 rings (SSSR count). The van der Waals surface area contributed by atoms with Crippen molar-refractivity contribution in [2.75, 3.05) is 39.5 Å². The second-order valence-electron chi connectivity index (χ2n) is 8.70. The zero-order chi connectivity index (χ0) is 22.8. The summed E-state index contributed by atoms with van der Waals surface area (Å²) in [6.45, 7) is 0.871. The van der Waals surface area contributed by atoms with Gasteiger partial charge in [-0.25, -0.2) is 0 Å². The van der Waals surface area contributed by atoms with E-state index >= 15 is 0 Å². The number of carboxylic acids is 1. The summed E-state index contributed by atoms with van der Waals surface area (Å²) in [6, 6.07) is -1.35. The topological polar surface area (TPSA) is 189 Å². The molecule has 7 N–H and O–H groups in total. The lowest BCUT2D eigenvalue weighted by molar-refractivity contribution is -0.144. The first kappa shape index (κ1) is 24.8. The fourth-order valence-electron chi connectivity index (χ4n) is 4.73. The second-order valence-corrected chi connectivity index (χ2v) is 10.5. The highest BCUT2D eigenvalue weighted by molar-refractivity contribution is 7.86. The molecule has 3 aliphatic heterocycles. The minimum atomic E-state index is -4.09. The lowest BCUT2D eigenvalue weighted by Crippen LogP contribution is -2.60. The van der Waals surface area contributed by atoms with Crippen LogP contribution in [0.25, 0.3) is 0 Å². The lowest BCUT2D eigenvalue weighted by atomic mass is 9.78. The van der Waals surface area contributed by atoms with Crippen molar-refractivity contribution in [2.24, 2.45) is 17.4 Å². The van der Waals surface area contributed by atoms with Crippen LogP contribution in [0.1, 0.15) is 25.7 Å². The van der Waals surface area contributed by atoms with Crippen molar-refractivity contribution in [2.45, 2.75) is 55.7 Å². The number of hydrogen-bond acceptors (Lipinski definition) is 9. The minimum Gasteiger partial charge on any atom is -0.480 e. The van der Waals surface area contributed by atoms with Gasteiger partial charge in [-0.1, -0.05) is 6.42 Å². The quantitative estimate of drug-likeness (QED) is 0.226. The highest BCUT2D eigenvalue weighted by Crippen LogP contribution is 2.35. The van der Waals surface area contributed by atoms with Crippen molar-refractivity contribution >= 4 is 23.3 Å². The first-order chi connectivity index (χ1) is 14.6. The molecule has 0 spiro atoms. The summed E-state index contributed by atoms with van der Waals surface area (Å²) in [6.07, 6.45) is 1.66. The maximum absolute atomic E-state index is 13.8. The normalized spacial score (nSPS) is 33.3. The Bertz CT molecular complexity index is 738. The summed E-state index contributed by atoms with van der Waals surface area (Å²) in [4.78, 5) is 12.0. The smallest absolute Gasteiger partial charge is 0.451 e. The summed E-state index contributed by atoms with van der Waals surface area (Å²) >= 11 is 0. The number of aliphatic carboxylic acids is 1. The first-order valence-corrected chi connectivity index (χ1v) is 12.0. The molecule has 0 amide bonds. The van der Waals surface area contributed by atoms with Crippen molar-refractivity contribution in [1.29, 1.82) is 0 Å². The van der Waals surface area contributed by atoms with Crippen LogP contribution in [-0.4, -0.2) is 108 Å². The zero-order valence-corrected chi connectivity index (χ0v) is 18.3. The predicted molar refractivity (Wildman–Crippen MR) is 111 cm³/mol. The molecular formula is C17H33BN4O8S. The second kappa shape index (κ2) is 9.97. The van der Waals surface area contributed by atoms with E-state index in [4.69, 9.17) is 31.0 Å². The minimum absolute atomic E-state index is 0.0570. The Hall–Kier alpha value is -0.835. The summed E-state index contributed by atoms with van der Waals surface area (Å²) in [5.74, 6) is -1.94. The van der Waals surface area contributed by atoms with Gasteiger partial charge in [0.05, 0.1) is 19.3 Å². The Kier molecular flexibility index (Phi) is 7.98. The third kappa shape index (κ3) is 5.23. The van der Waals surface area contributed by atoms with E-state index in [-0.39, 0.29) is 45.1 Å². The van der Waals surface area contributed by atoms with E-state index in [1.807, 2.05) is 0 Å². The van der Waals surface area contributed by atoms with E-state index in [0.29, 0.717) is 32.5 Å². The maximum Gasteiger partial charge on any atom is 0.451 e. The van der Waals surface area contributed by atoms with Gasteiger partial charge >= 0.3 is 13.1 Å². The number of carbonyl (C=O) groups is 1. The fraction of sp³-hybridized carbons (Fsp3) is 0.941. The van der Waals surface area contributed by atoms with Crippen LogP contribution in [0.3, 0.4) is 0 Å². The molecule has 0 aromatic carbocycles. The number of carboxylic acid groups (broad SMARTS) is 1. The largest absolute Gasteiger partial charge is 0.480 e. The molecule has 0 aromatic rings. The molecule has 2 unspecified atom stereocenters. The Morgan fingerprint density at radius 1 is 1.23 bits per heavy atom. The van der Waals surface area contributed by atoms with Crippen LogP contribution >= 0.6 is 0 Å². The van der Waals surface area contributed by atoms with Crippen molar-refractivity contribution < 1.29 is 37.8 Å². The van der Waals surface area contributed by atoms with Gasteiger partial charge < -0.3 is 36.1 Å². The molecule has 12 nitrogen and oxygen atoms in total. The number of nitrogens with zero attached hydrogens (tertiary/aromatic N) is 2. The van der Waals surface area contributed by atoms with Crippen LogP contribution in [0.5, 0.6) is 0 Å². The van der Waals surface area contributed by atoms with E-state index in [1.54, 1.807) is 0 Å². The highest BCUT2D eigenvalue weighted by Gasteiger charge is 2.55. The molecule has 31 heavy (non-hydrogen) atoms. The van der Waals surface area contributed by atoms with Gasteiger partial charge in [0.2, 0.25) is 0 Å². The zero-order valence-electron chi connectivity index (χ0n) is 17.5. The fourth-order valence-corrected chi connectivity index (χ4v) is 6.89. The standard InChI is InChI=1S/C17H33BN4O8S/c19-14-9-30-10-15(14)22(13-3-6-29-7-4-13)31(27,28)21-8-12(2-1-5-18(25)26)17(20,11-21)16(23)24/h12-15,25-26H,1-11,19-20H2,(H,23,24)/t12-,14?,15?,17-/m0/s1. The van der Waals surface area contributed by atoms with Crippen LogP contribution in [0.2, 0.25) is 6.32 Å². The van der Waals surface area contributed by atoms with Crippen LogP contribution < -0.4 is 11.5 Å². The van der Waals surface area contributed by atoms with Crippen LogP contribution in [-0.2, 0) is 24.5 Å². The molecule has 3 saturated heterocycles. The highest BCUT2D eigenvalue weighted by atomic mass is 32.2. The van der Waals surface area contributed by atoms with Gasteiger partial charge in [0.15, 0.2) is 0 Å². The molecule has 0 saturated carbocycles. The monoisotopic (exact) mass is 464 g/mol. The average Bonchev–Trinajstić information content (AvgIpc) is 3.27. The van der Waals surface area contributed by atoms with Gasteiger partial charge in [-0.15, -0.1) is 0 Å². The maximum atomic E-state index is 13.8. The predicted octanol–water partition coefficient (Wildman–Crippen LogP) is -2.59. The third-order valence-corrected chi connectivity index (χ3v) is 8.60. The SMILES string of the molecule is NC1COCC1N(C1CCOCC1)S(=O)(=O)N1C[C@H](CCCB(O)O)[C@](N)(C(=O)O)C1. The summed E-state index contributed by atoms with van der Waals surface area (Å²) in [5, 5.41) is 27.9. The summed E-state index contributed by atoms with van der Waals surface area (Å²) in [5.41, 5.74) is 10.6. The number of ether oxygens (including phenoxy) is 2. The summed E-state index contributed by atoms with van der Waals surface area (Å²) < 4.78 is 40.9. The molecule has 3 aliphatic rings. The first-order valence-electron chi connectivity index (χ1n) is 10.7. The molecule has 3 fully saturated rings. The van der Waals surface area contributed by atoms with E-state index in [2.05, 4.69) is 0 Å². The van der Waals surface area contributed by atoms with Crippen LogP contribution in [0.15, 0.2) is 0 Å². The molecule has 0 radical (unpaired) electrons. The van der Waals surface area contributed by atoms with Crippen molar-refractivity contribution in [3.8, 4) is 0 Å². The Labute approximate surface area is 182 Å². The number of rotatable bonds is 9. The van der Waals surface area contributed by atoms with Gasteiger partial charge in [-0.05, 0) is 25.6 Å². The average molecular weight is 464 g/mol. The molecule has 4 atom stereocenters.